The summed E-state index contributed by atoms with van der Waals surface area (Å²) in [4.78, 5) is 7.13. The van der Waals surface area contributed by atoms with Crippen LogP contribution in [0.25, 0.3) is 0 Å². The summed E-state index contributed by atoms with van der Waals surface area (Å²) >= 11 is 0. The van der Waals surface area contributed by atoms with E-state index in [-0.39, 0.29) is 0 Å². The molecule has 1 aliphatic rings. The molecule has 0 fully saturated rings. The molecule has 0 saturated carbocycles. The predicted octanol–water partition coefficient (Wildman–Crippen LogP) is 3.56. The molecule has 0 bridgehead atoms. The van der Waals surface area contributed by atoms with Crippen LogP contribution in [0.3, 0.4) is 0 Å². The van der Waals surface area contributed by atoms with Gasteiger partial charge in [0.2, 0.25) is 0 Å². The van der Waals surface area contributed by atoms with Gasteiger partial charge in [-0.15, -0.1) is 0 Å². The van der Waals surface area contributed by atoms with Crippen molar-refractivity contribution in [1.29, 1.82) is 0 Å². The third-order valence-corrected chi connectivity index (χ3v) is 4.91. The average molecular weight is 336 g/mol. The summed E-state index contributed by atoms with van der Waals surface area (Å²) in [6.07, 6.45) is 2.19. The lowest BCUT2D eigenvalue weighted by atomic mass is 9.98. The van der Waals surface area contributed by atoms with E-state index in [0.29, 0.717) is 12.0 Å². The van der Waals surface area contributed by atoms with Gasteiger partial charge in [-0.25, -0.2) is 0 Å². The Morgan fingerprint density at radius 1 is 1.20 bits per heavy atom. The Labute approximate surface area is 150 Å². The molecule has 3 N–H and O–H groups in total. The van der Waals surface area contributed by atoms with Crippen molar-refractivity contribution in [2.45, 2.75) is 39.3 Å². The van der Waals surface area contributed by atoms with Gasteiger partial charge in [0.1, 0.15) is 0 Å². The Hall–Kier alpha value is -2.33. The molecule has 0 spiro atoms. The number of guanidine groups is 1. The molecule has 0 radical (unpaired) electrons. The molecular weight excluding hydrogens is 308 g/mol. The van der Waals surface area contributed by atoms with E-state index < -0.39 is 0 Å². The van der Waals surface area contributed by atoms with Crippen LogP contribution in [0.5, 0.6) is 0 Å². The van der Waals surface area contributed by atoms with Crippen LogP contribution in [0.1, 0.15) is 30.0 Å². The van der Waals surface area contributed by atoms with Gasteiger partial charge in [0, 0.05) is 24.8 Å². The van der Waals surface area contributed by atoms with Crippen LogP contribution in [-0.2, 0) is 13.0 Å². The molecule has 1 unspecified atom stereocenters. The van der Waals surface area contributed by atoms with Crippen LogP contribution in [0, 0.1) is 6.92 Å². The first-order valence-electron chi connectivity index (χ1n) is 9.10. The van der Waals surface area contributed by atoms with Crippen LogP contribution in [0.15, 0.2) is 53.5 Å². The van der Waals surface area contributed by atoms with Crippen molar-refractivity contribution < 1.29 is 0 Å². The number of nitrogens with zero attached hydrogens (tertiary/aromatic N) is 2. The highest BCUT2D eigenvalue weighted by Gasteiger charge is 2.21. The maximum Gasteiger partial charge on any atom is 0.193 e. The van der Waals surface area contributed by atoms with Gasteiger partial charge in [0.15, 0.2) is 5.96 Å². The molecule has 2 aromatic rings. The van der Waals surface area contributed by atoms with Gasteiger partial charge >= 0.3 is 0 Å². The summed E-state index contributed by atoms with van der Waals surface area (Å²) in [6, 6.07) is 17.3. The highest BCUT2D eigenvalue weighted by Crippen LogP contribution is 2.21. The van der Waals surface area contributed by atoms with Gasteiger partial charge < -0.3 is 11.1 Å². The first kappa shape index (κ1) is 17.5. The Bertz CT molecular complexity index is 738. The molecule has 0 aliphatic carbocycles. The lowest BCUT2D eigenvalue weighted by Gasteiger charge is -2.34. The molecule has 4 heteroatoms. The van der Waals surface area contributed by atoms with E-state index in [1.54, 1.807) is 0 Å². The standard InChI is InChI=1S/C21H28N4/c1-3-20(25-12-11-17-8-4-5-9-18(17)15-25)14-23-21(22)24-19-10-6-7-16(2)13-19/h4-10,13,20H,3,11-12,14-15H2,1-2H3,(H3,22,23,24). The van der Waals surface area contributed by atoms with Crippen LogP contribution in [-0.4, -0.2) is 30.0 Å². The van der Waals surface area contributed by atoms with E-state index in [0.717, 1.165) is 38.2 Å². The summed E-state index contributed by atoms with van der Waals surface area (Å²) in [5.74, 6) is 0.487. The van der Waals surface area contributed by atoms with Crippen LogP contribution in [0.2, 0.25) is 0 Å². The second-order valence-corrected chi connectivity index (χ2v) is 6.77. The monoisotopic (exact) mass is 336 g/mol. The molecule has 0 amide bonds. The highest BCUT2D eigenvalue weighted by atomic mass is 15.2. The lowest BCUT2D eigenvalue weighted by Crippen LogP contribution is -2.41. The van der Waals surface area contributed by atoms with E-state index in [2.05, 4.69) is 65.5 Å². The van der Waals surface area contributed by atoms with E-state index in [1.807, 2.05) is 12.1 Å². The Morgan fingerprint density at radius 3 is 2.76 bits per heavy atom. The molecular formula is C21H28N4. The Kier molecular flexibility index (Phi) is 5.71. The molecule has 2 aromatic carbocycles. The molecule has 25 heavy (non-hydrogen) atoms. The minimum atomic E-state index is 0.422. The minimum Gasteiger partial charge on any atom is -0.370 e. The summed E-state index contributed by atoms with van der Waals surface area (Å²) in [5, 5.41) is 3.19. The molecule has 0 aromatic heterocycles. The zero-order valence-electron chi connectivity index (χ0n) is 15.2. The molecule has 0 saturated heterocycles. The first-order chi connectivity index (χ1) is 12.2. The van der Waals surface area contributed by atoms with E-state index in [9.17, 15) is 0 Å². The van der Waals surface area contributed by atoms with Gasteiger partial charge in [0.05, 0.1) is 6.54 Å². The maximum absolute atomic E-state index is 6.09. The maximum atomic E-state index is 6.09. The van der Waals surface area contributed by atoms with E-state index in [1.165, 1.54) is 16.7 Å². The van der Waals surface area contributed by atoms with Crippen molar-refractivity contribution in [3.05, 3.63) is 65.2 Å². The number of aliphatic imine (C=N–C) groups is 1. The topological polar surface area (TPSA) is 53.6 Å². The summed E-state index contributed by atoms with van der Waals surface area (Å²) < 4.78 is 0. The number of hydrogen-bond acceptors (Lipinski definition) is 2. The second-order valence-electron chi connectivity index (χ2n) is 6.77. The number of anilines is 1. The second kappa shape index (κ2) is 8.17. The Balaban J connectivity index is 1.60. The highest BCUT2D eigenvalue weighted by molar-refractivity contribution is 5.92. The van der Waals surface area contributed by atoms with Crippen LogP contribution < -0.4 is 11.1 Å². The summed E-state index contributed by atoms with van der Waals surface area (Å²) in [6.45, 7) is 7.12. The number of aryl methyl sites for hydroxylation is 1. The fraction of sp³-hybridized carbons (Fsp3) is 0.381. The largest absolute Gasteiger partial charge is 0.370 e. The molecule has 1 atom stereocenters. The van der Waals surface area contributed by atoms with Crippen LogP contribution >= 0.6 is 0 Å². The summed E-state index contributed by atoms with van der Waals surface area (Å²) in [7, 11) is 0. The number of benzene rings is 2. The van der Waals surface area contributed by atoms with Crippen molar-refractivity contribution in [2.24, 2.45) is 10.7 Å². The summed E-state index contributed by atoms with van der Waals surface area (Å²) in [5.41, 5.74) is 11.2. The molecule has 1 heterocycles. The third-order valence-electron chi connectivity index (χ3n) is 4.91. The van der Waals surface area contributed by atoms with Gasteiger partial charge in [-0.2, -0.15) is 0 Å². The van der Waals surface area contributed by atoms with Gasteiger partial charge in [-0.1, -0.05) is 43.3 Å². The van der Waals surface area contributed by atoms with Crippen molar-refractivity contribution >= 4 is 11.6 Å². The fourth-order valence-electron chi connectivity index (χ4n) is 3.45. The van der Waals surface area contributed by atoms with Gasteiger partial charge in [-0.3, -0.25) is 9.89 Å². The number of nitrogens with one attached hydrogen (secondary N) is 1. The zero-order chi connectivity index (χ0) is 17.6. The quantitative estimate of drug-likeness (QED) is 0.648. The normalized spacial score (nSPS) is 16.3. The van der Waals surface area contributed by atoms with Crippen LogP contribution in [0.4, 0.5) is 5.69 Å². The molecule has 3 rings (SSSR count). The number of nitrogens with two attached hydrogens (primary N) is 1. The SMILES string of the molecule is CCC(CN=C(N)Nc1cccc(C)c1)N1CCc2ccccc2C1. The lowest BCUT2D eigenvalue weighted by molar-refractivity contribution is 0.178. The Morgan fingerprint density at radius 2 is 2.00 bits per heavy atom. The fourth-order valence-corrected chi connectivity index (χ4v) is 3.45. The number of hydrogen-bond donors (Lipinski definition) is 2. The van der Waals surface area contributed by atoms with Crippen molar-refractivity contribution in [3.63, 3.8) is 0 Å². The van der Waals surface area contributed by atoms with Gasteiger partial charge in [-0.05, 0) is 48.6 Å². The predicted molar refractivity (Wildman–Crippen MR) is 106 cm³/mol. The molecule has 132 valence electrons. The van der Waals surface area contributed by atoms with Crippen molar-refractivity contribution in [2.75, 3.05) is 18.4 Å². The smallest absolute Gasteiger partial charge is 0.193 e. The van der Waals surface area contributed by atoms with Gasteiger partial charge in [0.25, 0.3) is 0 Å². The third kappa shape index (κ3) is 4.60. The van der Waals surface area contributed by atoms with Crippen molar-refractivity contribution in [3.8, 4) is 0 Å². The molecule has 1 aliphatic heterocycles. The minimum absolute atomic E-state index is 0.422. The molecule has 4 nitrogen and oxygen atoms in total. The van der Waals surface area contributed by atoms with E-state index >= 15 is 0 Å². The first-order valence-corrected chi connectivity index (χ1v) is 9.10. The van der Waals surface area contributed by atoms with E-state index in [4.69, 9.17) is 5.73 Å². The average Bonchev–Trinajstić information content (AvgIpc) is 2.62. The number of rotatable bonds is 5. The van der Waals surface area contributed by atoms with Crippen molar-refractivity contribution in [1.82, 2.24) is 4.90 Å². The zero-order valence-corrected chi connectivity index (χ0v) is 15.2. The number of fused-ring (bicyclic) bond motifs is 1.